The number of carbonyl (C=O) groups excluding carboxylic acids is 5. The highest BCUT2D eigenvalue weighted by molar-refractivity contribution is 5.91. The first kappa shape index (κ1) is 18.6. The summed E-state index contributed by atoms with van der Waals surface area (Å²) in [5.74, 6) is -4.36. The van der Waals surface area contributed by atoms with Crippen molar-refractivity contribution in [1.82, 2.24) is 0 Å². The van der Waals surface area contributed by atoms with Gasteiger partial charge in [-0.05, 0) is 0 Å². The lowest BCUT2D eigenvalue weighted by atomic mass is 10.1. The Hall–Kier alpha value is -2.45. The predicted octanol–water partition coefficient (Wildman–Crippen LogP) is -0.638. The highest BCUT2D eigenvalue weighted by Gasteiger charge is 2.23. The third kappa shape index (κ3) is 8.35. The molecule has 0 amide bonds. The smallest absolute Gasteiger partial charge is 0.316 e. The van der Waals surface area contributed by atoms with Crippen molar-refractivity contribution < 1.29 is 42.9 Å². The van der Waals surface area contributed by atoms with Crippen LogP contribution in [0.1, 0.15) is 19.3 Å². The Kier molecular flexibility index (Phi) is 9.14. The molecule has 0 radical (unpaired) electrons. The second kappa shape index (κ2) is 10.4. The third-order valence-corrected chi connectivity index (χ3v) is 2.26. The van der Waals surface area contributed by atoms with E-state index in [1.54, 1.807) is 0 Å². The molecule has 1 unspecified atom stereocenters. The van der Waals surface area contributed by atoms with Crippen LogP contribution in [0, 0.1) is 5.92 Å². The lowest BCUT2D eigenvalue weighted by molar-refractivity contribution is -0.170. The molecule has 118 valence electrons. The molecule has 0 rings (SSSR count). The van der Waals surface area contributed by atoms with Crippen molar-refractivity contribution in [1.29, 1.82) is 0 Å². The number of hydrogen-bond donors (Lipinski definition) is 0. The fourth-order valence-corrected chi connectivity index (χ4v) is 1.12. The van der Waals surface area contributed by atoms with E-state index < -0.39 is 43.0 Å². The van der Waals surface area contributed by atoms with Crippen molar-refractivity contribution in [3.63, 3.8) is 0 Å². The van der Waals surface area contributed by atoms with Gasteiger partial charge in [0.1, 0.15) is 12.2 Å². The van der Waals surface area contributed by atoms with E-state index in [1.807, 2.05) is 0 Å². The van der Waals surface area contributed by atoms with Crippen LogP contribution in [0.5, 0.6) is 0 Å². The van der Waals surface area contributed by atoms with Crippen LogP contribution in [0.15, 0.2) is 0 Å². The minimum atomic E-state index is -1.27. The molecule has 0 aromatic rings. The molecular weight excluding hydrogens is 288 g/mol. The van der Waals surface area contributed by atoms with Crippen LogP contribution >= 0.6 is 0 Å². The Bertz CT molecular complexity index is 402. The minimum Gasteiger partial charge on any atom is -0.469 e. The van der Waals surface area contributed by atoms with Gasteiger partial charge in [0.15, 0.2) is 0 Å². The lowest BCUT2D eigenvalue weighted by Gasteiger charge is -2.08. The molecule has 0 spiro atoms. The summed E-state index contributed by atoms with van der Waals surface area (Å²) in [5.41, 5.74) is 0. The van der Waals surface area contributed by atoms with Crippen LogP contribution in [0.25, 0.3) is 0 Å². The van der Waals surface area contributed by atoms with Gasteiger partial charge < -0.3 is 23.7 Å². The molecule has 0 aliphatic carbocycles. The number of ether oxygens (including phenoxy) is 4. The average molecular weight is 304 g/mol. The van der Waals surface area contributed by atoms with Gasteiger partial charge in [-0.25, -0.2) is 0 Å². The van der Waals surface area contributed by atoms with Crippen LogP contribution < -0.4 is 0 Å². The molecule has 0 aliphatic rings. The van der Waals surface area contributed by atoms with Gasteiger partial charge in [-0.1, -0.05) is 0 Å². The molecule has 0 saturated carbocycles. The third-order valence-electron chi connectivity index (χ3n) is 2.26. The molecule has 0 N–H and O–H groups in total. The molecule has 0 heterocycles. The van der Waals surface area contributed by atoms with E-state index in [4.69, 9.17) is 0 Å². The fraction of sp³-hybridized carbons (Fsp3) is 0.583. The summed E-state index contributed by atoms with van der Waals surface area (Å²) in [7, 11) is 2.26. The van der Waals surface area contributed by atoms with E-state index >= 15 is 0 Å². The van der Waals surface area contributed by atoms with Gasteiger partial charge in [-0.3, -0.25) is 19.2 Å². The number of hydrogen-bond acceptors (Lipinski definition) is 9. The maximum Gasteiger partial charge on any atom is 0.316 e. The minimum absolute atomic E-state index is 0.154. The molecule has 0 fully saturated rings. The van der Waals surface area contributed by atoms with Gasteiger partial charge >= 0.3 is 23.9 Å². The van der Waals surface area contributed by atoms with E-state index in [0.29, 0.717) is 0 Å². The quantitative estimate of drug-likeness (QED) is 0.180. The SMILES string of the molecule is COC(=O)CCC(=O)OCOC(=O)CC(C=O)C(=O)OC. The van der Waals surface area contributed by atoms with Crippen LogP contribution in [0.2, 0.25) is 0 Å². The molecule has 9 heteroatoms. The van der Waals surface area contributed by atoms with E-state index in [9.17, 15) is 24.0 Å². The van der Waals surface area contributed by atoms with Crippen LogP contribution in [-0.2, 0) is 42.9 Å². The largest absolute Gasteiger partial charge is 0.469 e. The summed E-state index contributed by atoms with van der Waals surface area (Å²) in [6, 6.07) is 0. The molecule has 0 saturated heterocycles. The van der Waals surface area contributed by atoms with Crippen LogP contribution in [0.3, 0.4) is 0 Å². The summed E-state index contributed by atoms with van der Waals surface area (Å²) in [6.07, 6.45) is -0.631. The summed E-state index contributed by atoms with van der Waals surface area (Å²) in [5, 5.41) is 0. The van der Waals surface area contributed by atoms with Gasteiger partial charge in [-0.2, -0.15) is 0 Å². The maximum atomic E-state index is 11.3. The average Bonchev–Trinajstić information content (AvgIpc) is 2.49. The second-order valence-corrected chi connectivity index (χ2v) is 3.70. The maximum absolute atomic E-state index is 11.3. The summed E-state index contributed by atoms with van der Waals surface area (Å²) in [6.45, 7) is -0.675. The summed E-state index contributed by atoms with van der Waals surface area (Å²) >= 11 is 0. The van der Waals surface area contributed by atoms with Crippen molar-refractivity contribution in [2.24, 2.45) is 5.92 Å². The van der Waals surface area contributed by atoms with Gasteiger partial charge in [-0.15, -0.1) is 0 Å². The number of aldehydes is 1. The van der Waals surface area contributed by atoms with Crippen molar-refractivity contribution in [3.05, 3.63) is 0 Å². The van der Waals surface area contributed by atoms with Gasteiger partial charge in [0, 0.05) is 0 Å². The molecule has 0 aliphatic heterocycles. The Balaban J connectivity index is 3.93. The number of rotatable bonds is 9. The Morgan fingerprint density at radius 3 is 2.00 bits per heavy atom. The Morgan fingerprint density at radius 2 is 1.48 bits per heavy atom. The Morgan fingerprint density at radius 1 is 0.905 bits per heavy atom. The summed E-state index contributed by atoms with van der Waals surface area (Å²) < 4.78 is 17.7. The molecule has 21 heavy (non-hydrogen) atoms. The molecular formula is C12H16O9. The van der Waals surface area contributed by atoms with E-state index in [-0.39, 0.29) is 19.1 Å². The topological polar surface area (TPSA) is 122 Å². The van der Waals surface area contributed by atoms with Gasteiger partial charge in [0.2, 0.25) is 6.79 Å². The standard InChI is InChI=1S/C12H16O9/c1-18-9(14)3-4-10(15)20-7-21-11(16)5-8(6-13)12(17)19-2/h6,8H,3-5,7H2,1-2H3. The molecule has 0 aromatic carbocycles. The second-order valence-electron chi connectivity index (χ2n) is 3.70. The van der Waals surface area contributed by atoms with E-state index in [2.05, 4.69) is 18.9 Å². The first-order chi connectivity index (χ1) is 9.94. The molecule has 1 atom stereocenters. The number of carbonyl (C=O) groups is 5. The number of methoxy groups -OCH3 is 2. The normalized spacial score (nSPS) is 11.0. The van der Waals surface area contributed by atoms with Crippen molar-refractivity contribution in [2.75, 3.05) is 21.0 Å². The van der Waals surface area contributed by atoms with Crippen molar-refractivity contribution in [3.8, 4) is 0 Å². The van der Waals surface area contributed by atoms with Crippen LogP contribution in [-0.4, -0.2) is 51.2 Å². The fourth-order valence-electron chi connectivity index (χ4n) is 1.12. The lowest BCUT2D eigenvalue weighted by Crippen LogP contribution is -2.23. The van der Waals surface area contributed by atoms with Gasteiger partial charge in [0.25, 0.3) is 0 Å². The highest BCUT2D eigenvalue weighted by atomic mass is 16.7. The van der Waals surface area contributed by atoms with E-state index in [0.717, 1.165) is 7.11 Å². The first-order valence-electron chi connectivity index (χ1n) is 5.85. The molecule has 0 aromatic heterocycles. The monoisotopic (exact) mass is 304 g/mol. The zero-order valence-electron chi connectivity index (χ0n) is 11.7. The molecule has 0 bridgehead atoms. The zero-order valence-corrected chi connectivity index (χ0v) is 11.7. The summed E-state index contributed by atoms with van der Waals surface area (Å²) in [4.78, 5) is 54.8. The van der Waals surface area contributed by atoms with Crippen LogP contribution in [0.4, 0.5) is 0 Å². The predicted molar refractivity (Wildman–Crippen MR) is 64.5 cm³/mol. The zero-order chi connectivity index (χ0) is 16.3. The number of esters is 4. The molecule has 9 nitrogen and oxygen atoms in total. The highest BCUT2D eigenvalue weighted by Crippen LogP contribution is 2.04. The van der Waals surface area contributed by atoms with Crippen molar-refractivity contribution in [2.45, 2.75) is 19.3 Å². The van der Waals surface area contributed by atoms with E-state index in [1.165, 1.54) is 7.11 Å². The van der Waals surface area contributed by atoms with Crippen molar-refractivity contribution >= 4 is 30.2 Å². The van der Waals surface area contributed by atoms with Gasteiger partial charge in [0.05, 0.1) is 33.5 Å². The Labute approximate surface area is 120 Å². The first-order valence-corrected chi connectivity index (χ1v) is 5.85.